The lowest BCUT2D eigenvalue weighted by atomic mass is 10.1. The number of methoxy groups -OCH3 is 1. The smallest absolute Gasteiger partial charge is 0.257 e. The molecular formula is C19H17ClN2O3. The molecule has 2 aromatic carbocycles. The molecule has 5 nitrogen and oxygen atoms in total. The Morgan fingerprint density at radius 3 is 2.76 bits per heavy atom. The summed E-state index contributed by atoms with van der Waals surface area (Å²) in [4.78, 5) is 17.1. The molecule has 0 atom stereocenters. The summed E-state index contributed by atoms with van der Waals surface area (Å²) >= 11 is 6.20. The van der Waals surface area contributed by atoms with Gasteiger partial charge in [0.05, 0.1) is 28.4 Å². The van der Waals surface area contributed by atoms with Crippen molar-refractivity contribution in [1.82, 2.24) is 4.98 Å². The molecule has 0 aliphatic heterocycles. The zero-order valence-electron chi connectivity index (χ0n) is 13.7. The fraction of sp³-hybridized carbons (Fsp3) is 0.158. The summed E-state index contributed by atoms with van der Waals surface area (Å²) in [5.41, 5.74) is 1.63. The average Bonchev–Trinajstić information content (AvgIpc) is 2.63. The van der Waals surface area contributed by atoms with Crippen LogP contribution in [0.25, 0.3) is 10.9 Å². The van der Waals surface area contributed by atoms with Gasteiger partial charge in [-0.1, -0.05) is 35.9 Å². The van der Waals surface area contributed by atoms with Crippen LogP contribution in [0.1, 0.15) is 10.4 Å². The number of hydrogen-bond acceptors (Lipinski definition) is 4. The normalized spacial score (nSPS) is 10.6. The van der Waals surface area contributed by atoms with Crippen molar-refractivity contribution in [1.29, 1.82) is 0 Å². The molecule has 0 fully saturated rings. The highest BCUT2D eigenvalue weighted by molar-refractivity contribution is 6.32. The van der Waals surface area contributed by atoms with Crippen LogP contribution in [0.4, 0.5) is 5.69 Å². The van der Waals surface area contributed by atoms with Gasteiger partial charge in [0, 0.05) is 18.7 Å². The van der Waals surface area contributed by atoms with Gasteiger partial charge in [0.2, 0.25) is 0 Å². The van der Waals surface area contributed by atoms with Gasteiger partial charge in [0.15, 0.2) is 5.75 Å². The highest BCUT2D eigenvalue weighted by atomic mass is 35.5. The largest absolute Gasteiger partial charge is 0.487 e. The Morgan fingerprint density at radius 2 is 1.92 bits per heavy atom. The number of ether oxygens (including phenoxy) is 2. The van der Waals surface area contributed by atoms with Crippen LogP contribution in [-0.2, 0) is 4.74 Å². The van der Waals surface area contributed by atoms with Gasteiger partial charge in [-0.3, -0.25) is 9.78 Å². The second-order valence-corrected chi connectivity index (χ2v) is 5.70. The Bertz CT molecular complexity index is 893. The van der Waals surface area contributed by atoms with Crippen molar-refractivity contribution in [2.75, 3.05) is 25.6 Å². The van der Waals surface area contributed by atoms with E-state index in [0.717, 1.165) is 5.39 Å². The molecule has 0 bridgehead atoms. The number of pyridine rings is 1. The summed E-state index contributed by atoms with van der Waals surface area (Å²) in [6.07, 6.45) is 1.66. The molecule has 3 aromatic rings. The molecule has 0 saturated heterocycles. The molecule has 6 heteroatoms. The number of halogens is 1. The van der Waals surface area contributed by atoms with Crippen LogP contribution in [0, 0.1) is 0 Å². The molecule has 0 aliphatic rings. The van der Waals surface area contributed by atoms with Crippen LogP contribution in [0.5, 0.6) is 5.75 Å². The van der Waals surface area contributed by atoms with Crippen molar-refractivity contribution in [2.24, 2.45) is 0 Å². The van der Waals surface area contributed by atoms with E-state index >= 15 is 0 Å². The number of anilines is 1. The first-order valence-corrected chi connectivity index (χ1v) is 8.14. The lowest BCUT2D eigenvalue weighted by molar-refractivity contribution is 0.102. The SMILES string of the molecule is COCCOc1c(Cl)cccc1NC(=O)c1cccc2cccnc12. The van der Waals surface area contributed by atoms with Crippen molar-refractivity contribution in [2.45, 2.75) is 0 Å². The first-order chi connectivity index (χ1) is 12.2. The number of benzene rings is 2. The second kappa shape index (κ2) is 7.96. The van der Waals surface area contributed by atoms with Gasteiger partial charge < -0.3 is 14.8 Å². The maximum absolute atomic E-state index is 12.7. The second-order valence-electron chi connectivity index (χ2n) is 5.29. The minimum absolute atomic E-state index is 0.275. The van der Waals surface area contributed by atoms with Crippen LogP contribution in [-0.4, -0.2) is 31.2 Å². The number of aromatic nitrogens is 1. The van der Waals surface area contributed by atoms with E-state index in [2.05, 4.69) is 10.3 Å². The van der Waals surface area contributed by atoms with Crippen molar-refractivity contribution < 1.29 is 14.3 Å². The molecule has 1 amide bonds. The van der Waals surface area contributed by atoms with E-state index in [1.165, 1.54) is 0 Å². The number of rotatable bonds is 6. The summed E-state index contributed by atoms with van der Waals surface area (Å²) in [7, 11) is 1.59. The van der Waals surface area contributed by atoms with E-state index in [-0.39, 0.29) is 5.91 Å². The Hall–Kier alpha value is -2.63. The first-order valence-electron chi connectivity index (χ1n) is 7.76. The number of nitrogens with zero attached hydrogens (tertiary/aromatic N) is 1. The summed E-state index contributed by atoms with van der Waals surface area (Å²) in [6.45, 7) is 0.755. The topological polar surface area (TPSA) is 60.5 Å². The monoisotopic (exact) mass is 356 g/mol. The van der Waals surface area contributed by atoms with Crippen molar-refractivity contribution in [3.05, 3.63) is 65.3 Å². The number of fused-ring (bicyclic) bond motifs is 1. The zero-order chi connectivity index (χ0) is 17.6. The zero-order valence-corrected chi connectivity index (χ0v) is 14.4. The number of hydrogen-bond donors (Lipinski definition) is 1. The van der Waals surface area contributed by atoms with Crippen LogP contribution in [0.3, 0.4) is 0 Å². The molecule has 0 unspecified atom stereocenters. The molecule has 0 radical (unpaired) electrons. The van der Waals surface area contributed by atoms with Gasteiger partial charge in [-0.2, -0.15) is 0 Å². The predicted molar refractivity (Wildman–Crippen MR) is 98.5 cm³/mol. The Morgan fingerprint density at radius 1 is 1.12 bits per heavy atom. The Kier molecular flexibility index (Phi) is 5.48. The minimum Gasteiger partial charge on any atom is -0.487 e. The molecule has 128 valence electrons. The van der Waals surface area contributed by atoms with Crippen molar-refractivity contribution >= 4 is 34.1 Å². The summed E-state index contributed by atoms with van der Waals surface area (Å²) in [6, 6.07) is 14.4. The molecule has 25 heavy (non-hydrogen) atoms. The van der Waals surface area contributed by atoms with Crippen LogP contribution >= 0.6 is 11.6 Å². The number of carbonyl (C=O) groups is 1. The van der Waals surface area contributed by atoms with E-state index in [0.29, 0.717) is 40.8 Å². The maximum atomic E-state index is 12.7. The van der Waals surface area contributed by atoms with Crippen LogP contribution in [0.2, 0.25) is 5.02 Å². The van der Waals surface area contributed by atoms with Crippen molar-refractivity contribution in [3.63, 3.8) is 0 Å². The number of nitrogens with one attached hydrogen (secondary N) is 1. The number of carbonyl (C=O) groups excluding carboxylic acids is 1. The number of amides is 1. The summed E-state index contributed by atoms with van der Waals surface area (Å²) in [5.74, 6) is 0.144. The molecule has 1 N–H and O–H groups in total. The Labute approximate surface area is 150 Å². The van der Waals surface area contributed by atoms with E-state index in [4.69, 9.17) is 21.1 Å². The van der Waals surface area contributed by atoms with Crippen LogP contribution in [0.15, 0.2) is 54.7 Å². The summed E-state index contributed by atoms with van der Waals surface area (Å²) in [5, 5.41) is 4.18. The van der Waals surface area contributed by atoms with Gasteiger partial charge >= 0.3 is 0 Å². The lowest BCUT2D eigenvalue weighted by Crippen LogP contribution is -2.14. The van der Waals surface area contributed by atoms with Crippen LogP contribution < -0.4 is 10.1 Å². The third kappa shape index (κ3) is 3.90. The Balaban J connectivity index is 1.89. The molecular weight excluding hydrogens is 340 g/mol. The summed E-state index contributed by atoms with van der Waals surface area (Å²) < 4.78 is 10.6. The van der Waals surface area contributed by atoms with Gasteiger partial charge in [0.1, 0.15) is 6.61 Å². The van der Waals surface area contributed by atoms with Gasteiger partial charge in [-0.25, -0.2) is 0 Å². The number of para-hydroxylation sites is 2. The van der Waals surface area contributed by atoms with Gasteiger partial charge in [-0.15, -0.1) is 0 Å². The quantitative estimate of drug-likeness (QED) is 0.673. The first kappa shape index (κ1) is 17.2. The highest BCUT2D eigenvalue weighted by Gasteiger charge is 2.15. The molecule has 1 heterocycles. The van der Waals surface area contributed by atoms with E-state index in [9.17, 15) is 4.79 Å². The molecule has 3 rings (SSSR count). The molecule has 0 saturated carbocycles. The fourth-order valence-corrected chi connectivity index (χ4v) is 2.69. The molecule has 0 spiro atoms. The molecule has 0 aliphatic carbocycles. The van der Waals surface area contributed by atoms with Crippen molar-refractivity contribution in [3.8, 4) is 5.75 Å². The van der Waals surface area contributed by atoms with E-state index in [1.807, 2.05) is 24.3 Å². The molecule has 1 aromatic heterocycles. The fourth-order valence-electron chi connectivity index (χ4n) is 2.46. The average molecular weight is 357 g/mol. The van der Waals surface area contributed by atoms with E-state index in [1.54, 1.807) is 37.6 Å². The lowest BCUT2D eigenvalue weighted by Gasteiger charge is -2.14. The third-order valence-electron chi connectivity index (χ3n) is 3.63. The predicted octanol–water partition coefficient (Wildman–Crippen LogP) is 4.17. The van der Waals surface area contributed by atoms with Gasteiger partial charge in [-0.05, 0) is 24.3 Å². The standard InChI is InChI=1S/C19H17ClN2O3/c1-24-11-12-25-18-15(20)8-3-9-16(18)22-19(23)14-7-2-5-13-6-4-10-21-17(13)14/h2-10H,11-12H2,1H3,(H,22,23). The van der Waals surface area contributed by atoms with E-state index < -0.39 is 0 Å². The minimum atomic E-state index is -0.275. The van der Waals surface area contributed by atoms with Gasteiger partial charge in [0.25, 0.3) is 5.91 Å². The maximum Gasteiger partial charge on any atom is 0.257 e. The third-order valence-corrected chi connectivity index (χ3v) is 3.92. The highest BCUT2D eigenvalue weighted by Crippen LogP contribution is 2.33.